The average Bonchev–Trinajstić information content (AvgIpc) is 2.60. The van der Waals surface area contributed by atoms with E-state index >= 15 is 0 Å². The molecule has 4 heteroatoms. The van der Waals surface area contributed by atoms with Crippen molar-refractivity contribution in [2.75, 3.05) is 13.1 Å². The van der Waals surface area contributed by atoms with Gasteiger partial charge >= 0.3 is 0 Å². The minimum Gasteiger partial charge on any atom is -0.356 e. The third kappa shape index (κ3) is 6.34. The van der Waals surface area contributed by atoms with Gasteiger partial charge in [0.15, 0.2) is 0 Å². The highest BCUT2D eigenvalue weighted by Crippen LogP contribution is 1.99. The quantitative estimate of drug-likeness (QED) is 0.736. The van der Waals surface area contributed by atoms with Crippen LogP contribution in [0.1, 0.15) is 28.8 Å². The molecule has 2 amide bonds. The molecular formula is C19H22N2O2. The van der Waals surface area contributed by atoms with Gasteiger partial charge < -0.3 is 10.6 Å². The van der Waals surface area contributed by atoms with E-state index in [-0.39, 0.29) is 11.8 Å². The first-order valence-electron chi connectivity index (χ1n) is 7.89. The number of rotatable bonds is 8. The average molecular weight is 310 g/mol. The van der Waals surface area contributed by atoms with Gasteiger partial charge in [0.05, 0.1) is 0 Å². The molecule has 0 aliphatic rings. The molecule has 2 rings (SSSR count). The van der Waals surface area contributed by atoms with Crippen LogP contribution in [0.2, 0.25) is 0 Å². The maximum atomic E-state index is 11.8. The van der Waals surface area contributed by atoms with Crippen molar-refractivity contribution in [1.29, 1.82) is 0 Å². The fraction of sp³-hybridized carbons (Fsp3) is 0.263. The lowest BCUT2D eigenvalue weighted by molar-refractivity contribution is -0.121. The third-order valence-corrected chi connectivity index (χ3v) is 3.48. The first-order chi connectivity index (χ1) is 11.3. The number of amides is 2. The zero-order valence-electron chi connectivity index (χ0n) is 13.1. The molecule has 2 N–H and O–H groups in total. The summed E-state index contributed by atoms with van der Waals surface area (Å²) in [5, 5.41) is 5.72. The second kappa shape index (κ2) is 9.41. The molecule has 0 radical (unpaired) electrons. The first-order valence-corrected chi connectivity index (χ1v) is 7.89. The molecule has 2 aromatic carbocycles. The number of carbonyl (C=O) groups excluding carboxylic acids is 2. The number of hydrogen-bond donors (Lipinski definition) is 2. The van der Waals surface area contributed by atoms with Crippen molar-refractivity contribution in [3.8, 4) is 0 Å². The molecule has 0 aliphatic carbocycles. The van der Waals surface area contributed by atoms with Gasteiger partial charge in [-0.2, -0.15) is 0 Å². The van der Waals surface area contributed by atoms with E-state index in [2.05, 4.69) is 10.6 Å². The topological polar surface area (TPSA) is 58.2 Å². The first kappa shape index (κ1) is 16.7. The summed E-state index contributed by atoms with van der Waals surface area (Å²) in [6, 6.07) is 19.1. The zero-order valence-corrected chi connectivity index (χ0v) is 13.1. The third-order valence-electron chi connectivity index (χ3n) is 3.48. The molecule has 0 unspecified atom stereocenters. The summed E-state index contributed by atoms with van der Waals surface area (Å²) in [6.45, 7) is 1.14. The standard InChI is InChI=1S/C19H22N2O2/c22-18(20-15-13-16-8-3-1-4-9-16)12-7-14-21-19(23)17-10-5-2-6-11-17/h1-6,8-11H,7,12-15H2,(H,20,22)(H,21,23). The highest BCUT2D eigenvalue weighted by atomic mass is 16.2. The fourth-order valence-electron chi connectivity index (χ4n) is 2.22. The van der Waals surface area contributed by atoms with Crippen LogP contribution in [0.3, 0.4) is 0 Å². The van der Waals surface area contributed by atoms with Crippen LogP contribution < -0.4 is 10.6 Å². The summed E-state index contributed by atoms with van der Waals surface area (Å²) in [4.78, 5) is 23.5. The molecule has 0 atom stereocenters. The van der Waals surface area contributed by atoms with Gasteiger partial charge in [-0.05, 0) is 30.5 Å². The van der Waals surface area contributed by atoms with E-state index in [0.29, 0.717) is 31.5 Å². The Morgan fingerprint density at radius 2 is 1.43 bits per heavy atom. The van der Waals surface area contributed by atoms with Gasteiger partial charge in [0, 0.05) is 25.1 Å². The second-order valence-electron chi connectivity index (χ2n) is 5.31. The maximum Gasteiger partial charge on any atom is 0.251 e. The number of hydrogen-bond acceptors (Lipinski definition) is 2. The molecule has 0 bridgehead atoms. The summed E-state index contributed by atoms with van der Waals surface area (Å²) in [5.41, 5.74) is 1.85. The minimum atomic E-state index is -0.102. The van der Waals surface area contributed by atoms with Crippen LogP contribution in [0.4, 0.5) is 0 Å². The van der Waals surface area contributed by atoms with Crippen LogP contribution in [0.15, 0.2) is 60.7 Å². The van der Waals surface area contributed by atoms with Gasteiger partial charge in [0.25, 0.3) is 5.91 Å². The van der Waals surface area contributed by atoms with Gasteiger partial charge in [0.2, 0.25) is 5.91 Å². The normalized spacial score (nSPS) is 10.1. The highest BCUT2D eigenvalue weighted by Gasteiger charge is 2.04. The van der Waals surface area contributed by atoms with Crippen LogP contribution in [0, 0.1) is 0 Å². The molecule has 4 nitrogen and oxygen atoms in total. The summed E-state index contributed by atoms with van der Waals surface area (Å²) in [7, 11) is 0. The Hall–Kier alpha value is -2.62. The molecule has 0 saturated carbocycles. The van der Waals surface area contributed by atoms with Crippen molar-refractivity contribution in [3.05, 3.63) is 71.8 Å². The minimum absolute atomic E-state index is 0.0230. The van der Waals surface area contributed by atoms with Crippen molar-refractivity contribution in [2.45, 2.75) is 19.3 Å². The summed E-state index contributed by atoms with van der Waals surface area (Å²) in [5.74, 6) is -0.0787. The highest BCUT2D eigenvalue weighted by molar-refractivity contribution is 5.94. The molecule has 0 aliphatic heterocycles. The van der Waals surface area contributed by atoms with Gasteiger partial charge in [-0.1, -0.05) is 48.5 Å². The zero-order chi connectivity index (χ0) is 16.3. The summed E-state index contributed by atoms with van der Waals surface area (Å²) < 4.78 is 0. The molecule has 23 heavy (non-hydrogen) atoms. The fourth-order valence-corrected chi connectivity index (χ4v) is 2.22. The predicted molar refractivity (Wildman–Crippen MR) is 91.2 cm³/mol. The van der Waals surface area contributed by atoms with E-state index in [9.17, 15) is 9.59 Å². The molecular weight excluding hydrogens is 288 g/mol. The largest absolute Gasteiger partial charge is 0.356 e. The number of nitrogens with one attached hydrogen (secondary N) is 2. The summed E-state index contributed by atoms with van der Waals surface area (Å²) in [6.07, 6.45) is 1.89. The monoisotopic (exact) mass is 310 g/mol. The molecule has 0 aromatic heterocycles. The number of benzene rings is 2. The lowest BCUT2D eigenvalue weighted by Crippen LogP contribution is -2.28. The van der Waals surface area contributed by atoms with E-state index in [1.54, 1.807) is 12.1 Å². The van der Waals surface area contributed by atoms with E-state index in [1.165, 1.54) is 5.56 Å². The van der Waals surface area contributed by atoms with E-state index in [0.717, 1.165) is 6.42 Å². The van der Waals surface area contributed by atoms with Crippen molar-refractivity contribution >= 4 is 11.8 Å². The SMILES string of the molecule is O=C(CCCNC(=O)c1ccccc1)NCCc1ccccc1. The lowest BCUT2D eigenvalue weighted by Gasteiger charge is -2.07. The summed E-state index contributed by atoms with van der Waals surface area (Å²) >= 11 is 0. The Kier molecular flexibility index (Phi) is 6.85. The molecule has 120 valence electrons. The van der Waals surface area contributed by atoms with Crippen LogP contribution in [-0.2, 0) is 11.2 Å². The Balaban J connectivity index is 1.55. The van der Waals surface area contributed by atoms with Crippen LogP contribution in [-0.4, -0.2) is 24.9 Å². The van der Waals surface area contributed by atoms with Crippen molar-refractivity contribution in [1.82, 2.24) is 10.6 Å². The van der Waals surface area contributed by atoms with Crippen molar-refractivity contribution in [3.63, 3.8) is 0 Å². The van der Waals surface area contributed by atoms with E-state index in [4.69, 9.17) is 0 Å². The molecule has 0 saturated heterocycles. The molecule has 0 heterocycles. The second-order valence-corrected chi connectivity index (χ2v) is 5.31. The Morgan fingerprint density at radius 1 is 0.783 bits per heavy atom. The Morgan fingerprint density at radius 3 is 2.13 bits per heavy atom. The van der Waals surface area contributed by atoms with E-state index in [1.807, 2.05) is 48.5 Å². The molecule has 0 spiro atoms. The number of carbonyl (C=O) groups is 2. The van der Waals surface area contributed by atoms with Gasteiger partial charge in [0.1, 0.15) is 0 Å². The predicted octanol–water partition coefficient (Wildman–Crippen LogP) is 2.56. The smallest absolute Gasteiger partial charge is 0.251 e. The van der Waals surface area contributed by atoms with Gasteiger partial charge in [-0.15, -0.1) is 0 Å². The van der Waals surface area contributed by atoms with Crippen LogP contribution in [0.25, 0.3) is 0 Å². The van der Waals surface area contributed by atoms with Gasteiger partial charge in [-0.25, -0.2) is 0 Å². The van der Waals surface area contributed by atoms with Crippen LogP contribution in [0.5, 0.6) is 0 Å². The van der Waals surface area contributed by atoms with Crippen LogP contribution >= 0.6 is 0 Å². The van der Waals surface area contributed by atoms with Gasteiger partial charge in [-0.3, -0.25) is 9.59 Å². The Bertz CT molecular complexity index is 612. The molecule has 0 fully saturated rings. The van der Waals surface area contributed by atoms with Crippen molar-refractivity contribution in [2.24, 2.45) is 0 Å². The Labute approximate surface area is 136 Å². The van der Waals surface area contributed by atoms with Crippen molar-refractivity contribution < 1.29 is 9.59 Å². The maximum absolute atomic E-state index is 11.8. The van der Waals surface area contributed by atoms with E-state index < -0.39 is 0 Å². The molecule has 2 aromatic rings. The lowest BCUT2D eigenvalue weighted by atomic mass is 10.1.